The molecule has 0 aliphatic rings. The molecule has 2 aromatic carbocycles. The fourth-order valence-corrected chi connectivity index (χ4v) is 3.51. The predicted molar refractivity (Wildman–Crippen MR) is 102 cm³/mol. The van der Waals surface area contributed by atoms with E-state index in [0.717, 1.165) is 6.26 Å². The number of amides is 1. The van der Waals surface area contributed by atoms with E-state index >= 15 is 0 Å². The van der Waals surface area contributed by atoms with Crippen molar-refractivity contribution in [1.29, 1.82) is 0 Å². The third kappa shape index (κ3) is 5.06. The van der Waals surface area contributed by atoms with Gasteiger partial charge in [-0.2, -0.15) is 0 Å². The molecule has 0 fully saturated rings. The first kappa shape index (κ1) is 19.9. The fraction of sp³-hybridized carbons (Fsp3) is 0.222. The van der Waals surface area contributed by atoms with E-state index in [1.807, 2.05) is 0 Å². The topological polar surface area (TPSA) is 83.6 Å². The van der Waals surface area contributed by atoms with E-state index in [9.17, 15) is 18.0 Å². The van der Waals surface area contributed by atoms with Gasteiger partial charge in [-0.1, -0.05) is 23.7 Å². The van der Waals surface area contributed by atoms with E-state index in [4.69, 9.17) is 11.6 Å². The van der Waals surface area contributed by atoms with Gasteiger partial charge in [0.05, 0.1) is 29.1 Å². The molecule has 8 heteroatoms. The Kier molecular flexibility index (Phi) is 6.39. The van der Waals surface area contributed by atoms with Crippen molar-refractivity contribution in [2.75, 3.05) is 23.7 Å². The number of ketones is 1. The third-order valence-electron chi connectivity index (χ3n) is 3.68. The van der Waals surface area contributed by atoms with Crippen LogP contribution in [0, 0.1) is 0 Å². The molecule has 0 radical (unpaired) electrons. The van der Waals surface area contributed by atoms with Crippen molar-refractivity contribution in [3.8, 4) is 0 Å². The van der Waals surface area contributed by atoms with Crippen LogP contribution in [0.1, 0.15) is 27.6 Å². The molecular formula is C18H19ClN2O4S. The van der Waals surface area contributed by atoms with E-state index in [0.29, 0.717) is 21.8 Å². The van der Waals surface area contributed by atoms with E-state index in [1.54, 1.807) is 48.5 Å². The number of nitrogens with zero attached hydrogens (tertiary/aromatic N) is 1. The molecule has 0 aliphatic heterocycles. The molecule has 0 atom stereocenters. The molecule has 6 nitrogen and oxygen atoms in total. The van der Waals surface area contributed by atoms with Crippen molar-refractivity contribution in [2.45, 2.75) is 6.92 Å². The Balaban J connectivity index is 2.08. The summed E-state index contributed by atoms with van der Waals surface area (Å²) in [7, 11) is -3.55. The standard InChI is InChI=1S/C18H19ClN2O4S/c1-13(22)14-7-9-15(10-8-14)21(26(2,24)25)12-11-20-18(23)16-5-3-4-6-17(16)19/h3-10H,11-12H2,1-2H3,(H,20,23). The van der Waals surface area contributed by atoms with Gasteiger partial charge in [0.15, 0.2) is 5.78 Å². The van der Waals surface area contributed by atoms with Gasteiger partial charge in [0.2, 0.25) is 10.0 Å². The van der Waals surface area contributed by atoms with E-state index in [1.165, 1.54) is 11.2 Å². The van der Waals surface area contributed by atoms with Crippen molar-refractivity contribution < 1.29 is 18.0 Å². The van der Waals surface area contributed by atoms with Crippen molar-refractivity contribution >= 4 is 39.0 Å². The second-order valence-corrected chi connectivity index (χ2v) is 7.99. The number of Topliss-reactive ketones (excluding diaryl/α,β-unsaturated/α-hetero) is 1. The smallest absolute Gasteiger partial charge is 0.252 e. The summed E-state index contributed by atoms with van der Waals surface area (Å²) in [6.07, 6.45) is 1.09. The summed E-state index contributed by atoms with van der Waals surface area (Å²) in [5, 5.41) is 2.98. The lowest BCUT2D eigenvalue weighted by atomic mass is 10.1. The maximum absolute atomic E-state index is 12.2. The predicted octanol–water partition coefficient (Wildman–Crippen LogP) is 2.74. The van der Waals surface area contributed by atoms with Crippen LogP contribution in [0.15, 0.2) is 48.5 Å². The molecule has 26 heavy (non-hydrogen) atoms. The lowest BCUT2D eigenvalue weighted by Gasteiger charge is -2.22. The van der Waals surface area contributed by atoms with Crippen molar-refractivity contribution in [2.24, 2.45) is 0 Å². The second kappa shape index (κ2) is 8.33. The summed E-state index contributed by atoms with van der Waals surface area (Å²) in [4.78, 5) is 23.5. The van der Waals surface area contributed by atoms with Crippen LogP contribution < -0.4 is 9.62 Å². The average Bonchev–Trinajstić information content (AvgIpc) is 2.58. The highest BCUT2D eigenvalue weighted by Crippen LogP contribution is 2.18. The second-order valence-electron chi connectivity index (χ2n) is 5.67. The molecule has 0 bridgehead atoms. The summed E-state index contributed by atoms with van der Waals surface area (Å²) in [6.45, 7) is 1.59. The van der Waals surface area contributed by atoms with Gasteiger partial charge in [0, 0.05) is 12.1 Å². The van der Waals surface area contributed by atoms with Gasteiger partial charge >= 0.3 is 0 Å². The van der Waals surface area contributed by atoms with Crippen LogP contribution in [0.5, 0.6) is 0 Å². The van der Waals surface area contributed by atoms with E-state index in [2.05, 4.69) is 5.32 Å². The Labute approximate surface area is 157 Å². The molecule has 0 saturated heterocycles. The molecule has 0 unspecified atom stereocenters. The monoisotopic (exact) mass is 394 g/mol. The van der Waals surface area contributed by atoms with Crippen LogP contribution in [0.3, 0.4) is 0 Å². The minimum absolute atomic E-state index is 0.0500. The minimum Gasteiger partial charge on any atom is -0.350 e. The first-order chi connectivity index (χ1) is 12.2. The first-order valence-electron chi connectivity index (χ1n) is 7.81. The van der Waals surface area contributed by atoms with Crippen LogP contribution >= 0.6 is 11.6 Å². The zero-order valence-corrected chi connectivity index (χ0v) is 16.0. The Morgan fingerprint density at radius 1 is 1.08 bits per heavy atom. The molecule has 0 heterocycles. The number of hydrogen-bond donors (Lipinski definition) is 1. The van der Waals surface area contributed by atoms with Gasteiger partial charge in [-0.15, -0.1) is 0 Å². The number of hydrogen-bond acceptors (Lipinski definition) is 4. The van der Waals surface area contributed by atoms with Crippen LogP contribution in [0.25, 0.3) is 0 Å². The number of benzene rings is 2. The number of halogens is 1. The Bertz CT molecular complexity index is 911. The Morgan fingerprint density at radius 2 is 1.69 bits per heavy atom. The lowest BCUT2D eigenvalue weighted by molar-refractivity contribution is 0.0954. The Hall–Kier alpha value is -2.38. The molecule has 2 rings (SSSR count). The highest BCUT2D eigenvalue weighted by Gasteiger charge is 2.18. The van der Waals surface area contributed by atoms with Crippen LogP contribution in [-0.2, 0) is 10.0 Å². The third-order valence-corrected chi connectivity index (χ3v) is 5.20. The normalized spacial score (nSPS) is 11.0. The number of nitrogens with one attached hydrogen (secondary N) is 1. The fourth-order valence-electron chi connectivity index (χ4n) is 2.36. The molecule has 0 aliphatic carbocycles. The largest absolute Gasteiger partial charge is 0.350 e. The van der Waals surface area contributed by atoms with Crippen LogP contribution in [0.4, 0.5) is 5.69 Å². The maximum atomic E-state index is 12.2. The first-order valence-corrected chi connectivity index (χ1v) is 10.0. The number of anilines is 1. The van der Waals surface area contributed by atoms with Gasteiger partial charge in [0.1, 0.15) is 0 Å². The lowest BCUT2D eigenvalue weighted by Crippen LogP contribution is -2.38. The molecule has 0 saturated carbocycles. The summed E-state index contributed by atoms with van der Waals surface area (Å²) in [5.74, 6) is -0.481. The zero-order chi connectivity index (χ0) is 19.3. The van der Waals surface area contributed by atoms with E-state index < -0.39 is 10.0 Å². The van der Waals surface area contributed by atoms with Crippen molar-refractivity contribution in [3.05, 3.63) is 64.7 Å². The van der Waals surface area contributed by atoms with Gasteiger partial charge in [-0.25, -0.2) is 8.42 Å². The van der Waals surface area contributed by atoms with Crippen molar-refractivity contribution in [1.82, 2.24) is 5.32 Å². The van der Waals surface area contributed by atoms with Crippen LogP contribution in [-0.4, -0.2) is 39.5 Å². The maximum Gasteiger partial charge on any atom is 0.252 e. The molecule has 0 spiro atoms. The van der Waals surface area contributed by atoms with Gasteiger partial charge in [0.25, 0.3) is 5.91 Å². The van der Waals surface area contributed by atoms with Crippen molar-refractivity contribution in [3.63, 3.8) is 0 Å². The quantitative estimate of drug-likeness (QED) is 0.732. The molecule has 1 amide bonds. The van der Waals surface area contributed by atoms with E-state index in [-0.39, 0.29) is 24.8 Å². The molecule has 1 N–H and O–H groups in total. The summed E-state index contributed by atoms with van der Waals surface area (Å²) < 4.78 is 25.3. The highest BCUT2D eigenvalue weighted by atomic mass is 35.5. The summed E-state index contributed by atoms with van der Waals surface area (Å²) in [5.41, 5.74) is 1.24. The van der Waals surface area contributed by atoms with Gasteiger partial charge < -0.3 is 5.32 Å². The minimum atomic E-state index is -3.55. The average molecular weight is 395 g/mol. The highest BCUT2D eigenvalue weighted by molar-refractivity contribution is 7.92. The molecular weight excluding hydrogens is 376 g/mol. The molecule has 0 aromatic heterocycles. The Morgan fingerprint density at radius 3 is 2.23 bits per heavy atom. The molecule has 138 valence electrons. The summed E-state index contributed by atoms with van der Waals surface area (Å²) in [6, 6.07) is 12.9. The van der Waals surface area contributed by atoms with Crippen LogP contribution in [0.2, 0.25) is 5.02 Å². The number of carbonyl (C=O) groups excluding carboxylic acids is 2. The van der Waals surface area contributed by atoms with Gasteiger partial charge in [-0.3, -0.25) is 13.9 Å². The number of sulfonamides is 1. The van der Waals surface area contributed by atoms with Gasteiger partial charge in [-0.05, 0) is 43.3 Å². The summed E-state index contributed by atoms with van der Waals surface area (Å²) >= 11 is 5.97. The number of rotatable bonds is 7. The number of carbonyl (C=O) groups is 2. The molecule has 2 aromatic rings. The zero-order valence-electron chi connectivity index (χ0n) is 14.4. The SMILES string of the molecule is CC(=O)c1ccc(N(CCNC(=O)c2ccccc2Cl)S(C)(=O)=O)cc1.